The molecule has 2 amide bonds. The Hall–Kier alpha value is -4.54. The molecular weight excluding hydrogens is 532 g/mol. The zero-order valence-corrected chi connectivity index (χ0v) is 24.5. The minimum Gasteiger partial charge on any atom is -0.361 e. The highest BCUT2D eigenvalue weighted by atomic mass is 16.5. The van der Waals surface area contributed by atoms with Crippen LogP contribution in [0.5, 0.6) is 0 Å². The summed E-state index contributed by atoms with van der Waals surface area (Å²) in [5, 5.41) is 15.1. The normalized spacial score (nSPS) is 14.8. The third-order valence-corrected chi connectivity index (χ3v) is 8.43. The molecular formula is C31H36N8O3. The van der Waals surface area contributed by atoms with Crippen molar-refractivity contribution in [3.05, 3.63) is 69.9 Å². The number of benzene rings is 1. The first kappa shape index (κ1) is 27.6. The fourth-order valence-electron chi connectivity index (χ4n) is 6.07. The minimum absolute atomic E-state index is 0.0510. The SMILES string of the molecule is CCc1cccc(CC)c1NC(=O)c1nn(C)c2c1CCc1cnc(NC3CCN(C(=O)c4cnoc4C)CC3)nc1-2. The number of hydrogen-bond donors (Lipinski definition) is 2. The van der Waals surface area contributed by atoms with Crippen molar-refractivity contribution in [3.63, 3.8) is 0 Å². The summed E-state index contributed by atoms with van der Waals surface area (Å²) >= 11 is 0. The Bertz CT molecular complexity index is 1630. The highest BCUT2D eigenvalue weighted by molar-refractivity contribution is 6.06. The maximum atomic E-state index is 13.6. The molecule has 11 nitrogen and oxygen atoms in total. The quantitative estimate of drug-likeness (QED) is 0.336. The molecule has 0 bridgehead atoms. The molecule has 1 fully saturated rings. The average Bonchev–Trinajstić information content (AvgIpc) is 3.60. The molecule has 0 unspecified atom stereocenters. The van der Waals surface area contributed by atoms with E-state index in [9.17, 15) is 9.59 Å². The molecule has 4 heterocycles. The van der Waals surface area contributed by atoms with Crippen LogP contribution in [-0.2, 0) is 32.7 Å². The van der Waals surface area contributed by atoms with Gasteiger partial charge in [0, 0.05) is 43.6 Å². The number of nitrogens with zero attached hydrogens (tertiary/aromatic N) is 6. The van der Waals surface area contributed by atoms with Crippen LogP contribution < -0.4 is 10.6 Å². The molecule has 1 aliphatic carbocycles. The lowest BCUT2D eigenvalue weighted by atomic mass is 9.93. The predicted molar refractivity (Wildman–Crippen MR) is 159 cm³/mol. The first-order valence-corrected chi connectivity index (χ1v) is 14.7. The fraction of sp³-hybridized carbons (Fsp3) is 0.419. The number of piperidine rings is 1. The third kappa shape index (κ3) is 5.03. The van der Waals surface area contributed by atoms with Crippen LogP contribution in [0.1, 0.15) is 75.5 Å². The van der Waals surface area contributed by atoms with Crippen LogP contribution in [-0.4, -0.2) is 60.8 Å². The number of aryl methyl sites for hydroxylation is 5. The standard InChI is InChI=1S/C31H36N8O3/c1-5-19-8-7-9-20(6-2)25(19)35-29(40)27-23-11-10-21-16-32-31(36-26(21)28(23)38(4)37-27)34-22-12-14-39(15-13-22)30(41)24-17-33-42-18(24)3/h7-9,16-17,22H,5-6,10-15H2,1-4H3,(H,35,40)(H,32,34,36). The smallest absolute Gasteiger partial charge is 0.276 e. The van der Waals surface area contributed by atoms with E-state index in [1.54, 1.807) is 11.6 Å². The van der Waals surface area contributed by atoms with E-state index in [4.69, 9.17) is 9.51 Å². The lowest BCUT2D eigenvalue weighted by molar-refractivity contribution is 0.0716. The summed E-state index contributed by atoms with van der Waals surface area (Å²) in [4.78, 5) is 37.7. The number of carbonyl (C=O) groups is 2. The van der Waals surface area contributed by atoms with E-state index in [2.05, 4.69) is 51.9 Å². The first-order chi connectivity index (χ1) is 20.4. The lowest BCUT2D eigenvalue weighted by Gasteiger charge is -2.32. The number of fused-ring (bicyclic) bond motifs is 3. The van der Waals surface area contributed by atoms with Crippen LogP contribution in [0.3, 0.4) is 0 Å². The fourth-order valence-corrected chi connectivity index (χ4v) is 6.07. The Kier molecular flexibility index (Phi) is 7.49. The van der Waals surface area contributed by atoms with Crippen molar-refractivity contribution in [3.8, 4) is 11.4 Å². The van der Waals surface area contributed by atoms with E-state index < -0.39 is 0 Å². The van der Waals surface area contributed by atoms with Gasteiger partial charge in [-0.15, -0.1) is 0 Å². The van der Waals surface area contributed by atoms with Crippen molar-refractivity contribution >= 4 is 23.5 Å². The van der Waals surface area contributed by atoms with E-state index in [0.717, 1.165) is 71.4 Å². The van der Waals surface area contributed by atoms with Crippen LogP contribution in [0.25, 0.3) is 11.4 Å². The molecule has 11 heteroatoms. The molecule has 1 saturated heterocycles. The van der Waals surface area contributed by atoms with Crippen LogP contribution in [0, 0.1) is 6.92 Å². The Labute approximate surface area is 244 Å². The largest absolute Gasteiger partial charge is 0.361 e. The van der Waals surface area contributed by atoms with E-state index in [-0.39, 0.29) is 17.9 Å². The Morgan fingerprint density at radius 3 is 2.48 bits per heavy atom. The molecule has 6 rings (SSSR count). The number of anilines is 2. The molecule has 42 heavy (non-hydrogen) atoms. The highest BCUT2D eigenvalue weighted by Crippen LogP contribution is 2.35. The van der Waals surface area contributed by atoms with E-state index in [1.165, 1.54) is 6.20 Å². The molecule has 3 aromatic heterocycles. The van der Waals surface area contributed by atoms with Crippen LogP contribution in [0.4, 0.5) is 11.6 Å². The number of para-hydroxylation sites is 1. The van der Waals surface area contributed by atoms with Gasteiger partial charge in [-0.1, -0.05) is 37.2 Å². The molecule has 0 saturated carbocycles. The van der Waals surface area contributed by atoms with Gasteiger partial charge in [0.1, 0.15) is 11.3 Å². The first-order valence-electron chi connectivity index (χ1n) is 14.7. The lowest BCUT2D eigenvalue weighted by Crippen LogP contribution is -2.42. The van der Waals surface area contributed by atoms with Crippen molar-refractivity contribution in [2.45, 2.75) is 65.3 Å². The molecule has 4 aromatic rings. The molecule has 1 aliphatic heterocycles. The second-order valence-electron chi connectivity index (χ2n) is 11.0. The van der Waals surface area contributed by atoms with Gasteiger partial charge in [0.2, 0.25) is 5.95 Å². The van der Waals surface area contributed by atoms with Gasteiger partial charge in [-0.05, 0) is 62.1 Å². The maximum absolute atomic E-state index is 13.6. The van der Waals surface area contributed by atoms with Crippen LogP contribution in [0.15, 0.2) is 35.1 Å². The monoisotopic (exact) mass is 568 g/mol. The van der Waals surface area contributed by atoms with Gasteiger partial charge < -0.3 is 20.1 Å². The van der Waals surface area contributed by atoms with E-state index in [1.807, 2.05) is 24.2 Å². The number of amides is 2. The number of likely N-dealkylation sites (tertiary alicyclic amines) is 1. The molecule has 218 valence electrons. The topological polar surface area (TPSA) is 131 Å². The molecule has 0 atom stereocenters. The molecule has 2 N–H and O–H groups in total. The zero-order chi connectivity index (χ0) is 29.4. The summed E-state index contributed by atoms with van der Waals surface area (Å²) in [5.41, 5.74) is 7.69. The minimum atomic E-state index is -0.194. The number of hydrogen-bond acceptors (Lipinski definition) is 8. The number of nitrogens with one attached hydrogen (secondary N) is 2. The van der Waals surface area contributed by atoms with Gasteiger partial charge in [0.15, 0.2) is 5.69 Å². The summed E-state index contributed by atoms with van der Waals surface area (Å²) in [5.74, 6) is 0.832. The van der Waals surface area contributed by atoms with Gasteiger partial charge in [0.05, 0.1) is 17.6 Å². The Morgan fingerprint density at radius 2 is 1.81 bits per heavy atom. The van der Waals surface area contributed by atoms with Crippen molar-refractivity contribution in [2.24, 2.45) is 7.05 Å². The van der Waals surface area contributed by atoms with Gasteiger partial charge >= 0.3 is 0 Å². The molecule has 1 aromatic carbocycles. The van der Waals surface area contributed by atoms with Gasteiger partial charge in [-0.3, -0.25) is 14.3 Å². The van der Waals surface area contributed by atoms with E-state index >= 15 is 0 Å². The van der Waals surface area contributed by atoms with Crippen molar-refractivity contribution in [2.75, 3.05) is 23.7 Å². The van der Waals surface area contributed by atoms with Crippen LogP contribution >= 0.6 is 0 Å². The Morgan fingerprint density at radius 1 is 1.07 bits per heavy atom. The van der Waals surface area contributed by atoms with Gasteiger partial charge in [0.25, 0.3) is 11.8 Å². The molecule has 0 spiro atoms. The number of rotatable bonds is 7. The number of carbonyl (C=O) groups excluding carboxylic acids is 2. The summed E-state index contributed by atoms with van der Waals surface area (Å²) < 4.78 is 6.83. The van der Waals surface area contributed by atoms with Gasteiger partial charge in [-0.25, -0.2) is 9.97 Å². The van der Waals surface area contributed by atoms with Crippen molar-refractivity contribution in [1.29, 1.82) is 0 Å². The summed E-state index contributed by atoms with van der Waals surface area (Å²) in [6.45, 7) is 7.18. The highest BCUT2D eigenvalue weighted by Gasteiger charge is 2.30. The van der Waals surface area contributed by atoms with E-state index in [0.29, 0.717) is 42.5 Å². The Balaban J connectivity index is 1.19. The predicted octanol–water partition coefficient (Wildman–Crippen LogP) is 4.37. The second kappa shape index (κ2) is 11.4. The summed E-state index contributed by atoms with van der Waals surface area (Å²) in [7, 11) is 1.86. The van der Waals surface area contributed by atoms with Gasteiger partial charge in [-0.2, -0.15) is 5.10 Å². The summed E-state index contributed by atoms with van der Waals surface area (Å²) in [6, 6.07) is 6.30. The van der Waals surface area contributed by atoms with Crippen LogP contribution in [0.2, 0.25) is 0 Å². The molecule has 0 radical (unpaired) electrons. The maximum Gasteiger partial charge on any atom is 0.276 e. The van der Waals surface area contributed by atoms with Crippen molar-refractivity contribution in [1.82, 2.24) is 29.8 Å². The number of aromatic nitrogens is 5. The zero-order valence-electron chi connectivity index (χ0n) is 24.5. The molecule has 2 aliphatic rings. The third-order valence-electron chi connectivity index (χ3n) is 8.43. The van der Waals surface area contributed by atoms with Crippen molar-refractivity contribution < 1.29 is 14.1 Å². The summed E-state index contributed by atoms with van der Waals surface area (Å²) in [6.07, 6.45) is 8.01. The second-order valence-corrected chi connectivity index (χ2v) is 11.0. The average molecular weight is 569 g/mol.